The van der Waals surface area contributed by atoms with Crippen LogP contribution in [-0.4, -0.2) is 79.7 Å². The predicted molar refractivity (Wildman–Crippen MR) is 136 cm³/mol. The third-order valence-electron chi connectivity index (χ3n) is 6.64. The van der Waals surface area contributed by atoms with Crippen molar-refractivity contribution in [3.63, 3.8) is 0 Å². The van der Waals surface area contributed by atoms with E-state index < -0.39 is 17.7 Å². The van der Waals surface area contributed by atoms with Crippen LogP contribution in [0.25, 0.3) is 5.76 Å². The van der Waals surface area contributed by atoms with E-state index >= 15 is 0 Å². The summed E-state index contributed by atoms with van der Waals surface area (Å²) in [5.74, 6) is -0.0803. The molecule has 0 aliphatic carbocycles. The van der Waals surface area contributed by atoms with Gasteiger partial charge in [0.15, 0.2) is 0 Å². The number of morpholine rings is 1. The molecule has 1 atom stereocenters. The number of Topliss-reactive ketones (excluding diaryl/α,β-unsaturated/α-hetero) is 1. The van der Waals surface area contributed by atoms with Crippen LogP contribution in [0.5, 0.6) is 11.5 Å². The van der Waals surface area contributed by atoms with Gasteiger partial charge in [-0.2, -0.15) is 0 Å². The summed E-state index contributed by atoms with van der Waals surface area (Å²) in [5.41, 5.74) is 2.12. The summed E-state index contributed by atoms with van der Waals surface area (Å²) in [4.78, 5) is 30.3. The number of ether oxygens (including phenoxy) is 3. The van der Waals surface area contributed by atoms with Crippen molar-refractivity contribution in [3.05, 3.63) is 64.7 Å². The van der Waals surface area contributed by atoms with Crippen molar-refractivity contribution < 1.29 is 28.9 Å². The first kappa shape index (κ1) is 25.7. The molecule has 2 aliphatic heterocycles. The molecule has 8 heteroatoms. The number of likely N-dealkylation sites (tertiary alicyclic amines) is 1. The molecule has 0 radical (unpaired) electrons. The molecule has 1 amide bonds. The highest BCUT2D eigenvalue weighted by Crippen LogP contribution is 2.40. The van der Waals surface area contributed by atoms with Crippen LogP contribution < -0.4 is 9.47 Å². The van der Waals surface area contributed by atoms with Gasteiger partial charge in [0.05, 0.1) is 38.5 Å². The van der Waals surface area contributed by atoms with E-state index in [0.717, 1.165) is 36.4 Å². The van der Waals surface area contributed by atoms with Crippen LogP contribution in [0.4, 0.5) is 0 Å². The van der Waals surface area contributed by atoms with Gasteiger partial charge >= 0.3 is 0 Å². The lowest BCUT2D eigenvalue weighted by Gasteiger charge is -2.31. The van der Waals surface area contributed by atoms with Crippen LogP contribution in [-0.2, 0) is 14.3 Å². The summed E-state index contributed by atoms with van der Waals surface area (Å²) in [7, 11) is 1.58. The Bertz CT molecular complexity index is 1120. The number of hydrogen-bond donors (Lipinski definition) is 1. The Labute approximate surface area is 212 Å². The van der Waals surface area contributed by atoms with Crippen molar-refractivity contribution in [1.82, 2.24) is 9.80 Å². The smallest absolute Gasteiger partial charge is 0.295 e. The lowest BCUT2D eigenvalue weighted by atomic mass is 9.94. The number of carbonyl (C=O) groups is 2. The number of amides is 1. The molecule has 4 rings (SSSR count). The minimum absolute atomic E-state index is 0.0915. The van der Waals surface area contributed by atoms with Crippen molar-refractivity contribution in [1.29, 1.82) is 0 Å². The Balaban J connectivity index is 1.72. The number of methoxy groups -OCH3 is 1. The molecule has 2 heterocycles. The van der Waals surface area contributed by atoms with Gasteiger partial charge in [-0.25, -0.2) is 0 Å². The first-order valence-electron chi connectivity index (χ1n) is 12.4. The Morgan fingerprint density at radius 1 is 1.08 bits per heavy atom. The van der Waals surface area contributed by atoms with E-state index in [1.165, 1.54) is 0 Å². The maximum atomic E-state index is 13.3. The number of hydrogen-bond acceptors (Lipinski definition) is 7. The van der Waals surface area contributed by atoms with E-state index in [-0.39, 0.29) is 11.3 Å². The van der Waals surface area contributed by atoms with Crippen LogP contribution in [0.2, 0.25) is 0 Å². The number of carbonyl (C=O) groups excluding carboxylic acids is 2. The van der Waals surface area contributed by atoms with Gasteiger partial charge in [0.25, 0.3) is 11.7 Å². The molecule has 8 nitrogen and oxygen atoms in total. The highest BCUT2D eigenvalue weighted by atomic mass is 16.5. The SMILES string of the molecule is CCCOc1ccc(C2C(=C(O)c3ccc(OC)c(C)c3)C(=O)C(=O)N2CCN2CCOCC2)cc1. The number of nitrogens with zero attached hydrogens (tertiary/aromatic N) is 2. The molecule has 1 unspecified atom stereocenters. The predicted octanol–water partition coefficient (Wildman–Crippen LogP) is 3.55. The van der Waals surface area contributed by atoms with E-state index in [1.807, 2.05) is 38.1 Å². The maximum absolute atomic E-state index is 13.3. The summed E-state index contributed by atoms with van der Waals surface area (Å²) in [6, 6.07) is 11.9. The third-order valence-corrected chi connectivity index (χ3v) is 6.64. The quantitative estimate of drug-likeness (QED) is 0.324. The number of rotatable bonds is 9. The van der Waals surface area contributed by atoms with Crippen LogP contribution in [0.1, 0.15) is 36.1 Å². The van der Waals surface area contributed by atoms with Crippen LogP contribution >= 0.6 is 0 Å². The molecule has 2 aromatic carbocycles. The highest BCUT2D eigenvalue weighted by Gasteiger charge is 2.46. The van der Waals surface area contributed by atoms with Gasteiger partial charge in [0, 0.05) is 31.7 Å². The summed E-state index contributed by atoms with van der Waals surface area (Å²) in [6.45, 7) is 8.35. The topological polar surface area (TPSA) is 88.5 Å². The van der Waals surface area contributed by atoms with Crippen LogP contribution in [0, 0.1) is 6.92 Å². The Morgan fingerprint density at radius 2 is 1.81 bits per heavy atom. The van der Waals surface area contributed by atoms with E-state index in [1.54, 1.807) is 30.2 Å². The van der Waals surface area contributed by atoms with Gasteiger partial charge in [-0.05, 0) is 54.8 Å². The van der Waals surface area contributed by atoms with E-state index in [4.69, 9.17) is 14.2 Å². The molecule has 0 bridgehead atoms. The molecule has 2 aliphatic rings. The summed E-state index contributed by atoms with van der Waals surface area (Å²) < 4.78 is 16.5. The summed E-state index contributed by atoms with van der Waals surface area (Å²) in [6.07, 6.45) is 0.894. The number of ketones is 1. The van der Waals surface area contributed by atoms with Gasteiger partial charge in [-0.15, -0.1) is 0 Å². The molecule has 2 aromatic rings. The molecule has 0 spiro atoms. The molecule has 0 saturated carbocycles. The monoisotopic (exact) mass is 494 g/mol. The molecule has 1 N–H and O–H groups in total. The van der Waals surface area contributed by atoms with Gasteiger partial charge in [0.2, 0.25) is 0 Å². The molecule has 2 fully saturated rings. The van der Waals surface area contributed by atoms with Gasteiger partial charge in [-0.1, -0.05) is 19.1 Å². The normalized spacial score (nSPS) is 20.1. The van der Waals surface area contributed by atoms with E-state index in [2.05, 4.69) is 4.90 Å². The highest BCUT2D eigenvalue weighted by molar-refractivity contribution is 6.46. The summed E-state index contributed by atoms with van der Waals surface area (Å²) >= 11 is 0. The second-order valence-electron chi connectivity index (χ2n) is 9.05. The lowest BCUT2D eigenvalue weighted by molar-refractivity contribution is -0.140. The third kappa shape index (κ3) is 5.39. The van der Waals surface area contributed by atoms with Gasteiger partial charge < -0.3 is 24.2 Å². The van der Waals surface area contributed by atoms with E-state index in [0.29, 0.717) is 44.2 Å². The minimum atomic E-state index is -0.700. The van der Waals surface area contributed by atoms with Gasteiger partial charge in [0.1, 0.15) is 17.3 Å². The molecule has 2 saturated heterocycles. The molecule has 0 aromatic heterocycles. The first-order valence-corrected chi connectivity index (χ1v) is 12.4. The standard InChI is InChI=1S/C28H34N2O6/c1-4-15-36-22-8-5-20(6-9-22)25-24(26(31)21-7-10-23(34-3)19(2)18-21)27(32)28(33)30(25)12-11-29-13-16-35-17-14-29/h5-10,18,25,31H,4,11-17H2,1-3H3. The molecule has 36 heavy (non-hydrogen) atoms. The number of aryl methyl sites for hydroxylation is 1. The zero-order chi connectivity index (χ0) is 25.7. The van der Waals surface area contributed by atoms with Crippen molar-refractivity contribution in [3.8, 4) is 11.5 Å². The Kier molecular flexibility index (Phi) is 8.28. The molecular formula is C28H34N2O6. The lowest BCUT2D eigenvalue weighted by Crippen LogP contribution is -2.42. The second kappa shape index (κ2) is 11.6. The van der Waals surface area contributed by atoms with E-state index in [9.17, 15) is 14.7 Å². The fourth-order valence-corrected chi connectivity index (χ4v) is 4.68. The second-order valence-corrected chi connectivity index (χ2v) is 9.05. The van der Waals surface area contributed by atoms with Crippen LogP contribution in [0.15, 0.2) is 48.0 Å². The molecule has 192 valence electrons. The fraction of sp³-hybridized carbons (Fsp3) is 0.429. The van der Waals surface area contributed by atoms with Crippen LogP contribution in [0.3, 0.4) is 0 Å². The molecular weight excluding hydrogens is 460 g/mol. The number of benzene rings is 2. The van der Waals surface area contributed by atoms with Crippen molar-refractivity contribution in [2.24, 2.45) is 0 Å². The Hall–Kier alpha value is -3.36. The zero-order valence-corrected chi connectivity index (χ0v) is 21.2. The fourth-order valence-electron chi connectivity index (χ4n) is 4.68. The first-order chi connectivity index (χ1) is 17.4. The minimum Gasteiger partial charge on any atom is -0.507 e. The number of aliphatic hydroxyl groups is 1. The van der Waals surface area contributed by atoms with Crippen molar-refractivity contribution >= 4 is 17.4 Å². The van der Waals surface area contributed by atoms with Crippen molar-refractivity contribution in [2.45, 2.75) is 26.3 Å². The van der Waals surface area contributed by atoms with Crippen molar-refractivity contribution in [2.75, 3.05) is 53.1 Å². The van der Waals surface area contributed by atoms with Gasteiger partial charge in [-0.3, -0.25) is 14.5 Å². The summed E-state index contributed by atoms with van der Waals surface area (Å²) in [5, 5.41) is 11.3. The largest absolute Gasteiger partial charge is 0.507 e. The maximum Gasteiger partial charge on any atom is 0.295 e. The Morgan fingerprint density at radius 3 is 2.44 bits per heavy atom. The average Bonchev–Trinajstić information content (AvgIpc) is 3.16. The zero-order valence-electron chi connectivity index (χ0n) is 21.2. The average molecular weight is 495 g/mol. The number of aliphatic hydroxyl groups excluding tert-OH is 1.